The molecular formula is C27H25N3O6. The number of nitrogens with one attached hydrogen (secondary N) is 1. The van der Waals surface area contributed by atoms with Gasteiger partial charge in [-0.1, -0.05) is 36.9 Å². The highest BCUT2D eigenvalue weighted by Crippen LogP contribution is 2.36. The van der Waals surface area contributed by atoms with E-state index in [0.717, 1.165) is 0 Å². The van der Waals surface area contributed by atoms with Crippen LogP contribution in [-0.4, -0.2) is 43.0 Å². The number of phenolic OH excluding ortho intramolecular Hbond substituents is 1. The summed E-state index contributed by atoms with van der Waals surface area (Å²) in [5, 5.41) is 21.3. The van der Waals surface area contributed by atoms with E-state index in [-0.39, 0.29) is 53.2 Å². The maximum atomic E-state index is 12.8. The zero-order chi connectivity index (χ0) is 26.1. The number of amides is 1. The lowest BCUT2D eigenvalue weighted by atomic mass is 10.0. The molecule has 0 radical (unpaired) electrons. The van der Waals surface area contributed by atoms with Crippen molar-refractivity contribution in [3.63, 3.8) is 0 Å². The van der Waals surface area contributed by atoms with Crippen LogP contribution in [0.5, 0.6) is 11.5 Å². The van der Waals surface area contributed by atoms with Gasteiger partial charge < -0.3 is 19.9 Å². The number of carbonyl (C=O) groups excluding carboxylic acids is 3. The third-order valence-corrected chi connectivity index (χ3v) is 4.95. The number of benzene rings is 3. The third-order valence-electron chi connectivity index (χ3n) is 4.95. The molecule has 0 aromatic heterocycles. The van der Waals surface area contributed by atoms with Gasteiger partial charge in [-0.2, -0.15) is 5.11 Å². The standard InChI is InChI=1S/C27H25N3O6/c1-17(2)27(34)36-14-13-28-26(33)19-9-11-20(12-10-19)29-30-22-15-21(23(31)16-24(22)35-3)25(32)18-7-5-4-6-8-18/h4-12,15-16,31H,1,13-14H2,2-3H3,(H,28,33). The summed E-state index contributed by atoms with van der Waals surface area (Å²) >= 11 is 0. The molecule has 9 nitrogen and oxygen atoms in total. The predicted octanol–water partition coefficient (Wildman–Crippen LogP) is 4.90. The monoisotopic (exact) mass is 487 g/mol. The molecule has 3 aromatic rings. The van der Waals surface area contributed by atoms with Crippen LogP contribution in [0.2, 0.25) is 0 Å². The molecule has 0 aliphatic carbocycles. The van der Waals surface area contributed by atoms with Crippen molar-refractivity contribution in [2.45, 2.75) is 6.92 Å². The average Bonchev–Trinajstić information content (AvgIpc) is 2.90. The third kappa shape index (κ3) is 6.63. The first-order chi connectivity index (χ1) is 17.3. The second-order valence-corrected chi connectivity index (χ2v) is 7.66. The number of ketones is 1. The number of azo groups is 1. The van der Waals surface area contributed by atoms with Crippen molar-refractivity contribution in [3.05, 3.63) is 95.6 Å². The Kier molecular flexibility index (Phi) is 8.66. The molecule has 1 amide bonds. The van der Waals surface area contributed by atoms with E-state index in [2.05, 4.69) is 22.1 Å². The number of esters is 1. The normalized spacial score (nSPS) is 10.6. The second-order valence-electron chi connectivity index (χ2n) is 7.66. The van der Waals surface area contributed by atoms with Gasteiger partial charge in [-0.15, -0.1) is 5.11 Å². The Morgan fingerprint density at radius 1 is 0.972 bits per heavy atom. The molecule has 0 atom stereocenters. The minimum absolute atomic E-state index is 0.0347. The van der Waals surface area contributed by atoms with Gasteiger partial charge in [-0.3, -0.25) is 9.59 Å². The van der Waals surface area contributed by atoms with E-state index in [9.17, 15) is 19.5 Å². The van der Waals surface area contributed by atoms with Gasteiger partial charge in [0.2, 0.25) is 0 Å². The number of nitrogens with zero attached hydrogens (tertiary/aromatic N) is 2. The molecule has 0 heterocycles. The Hall–Kier alpha value is -4.79. The van der Waals surface area contributed by atoms with Crippen molar-refractivity contribution in [2.24, 2.45) is 10.2 Å². The van der Waals surface area contributed by atoms with Gasteiger partial charge >= 0.3 is 5.97 Å². The number of methoxy groups -OCH3 is 1. The Morgan fingerprint density at radius 2 is 1.67 bits per heavy atom. The fourth-order valence-corrected chi connectivity index (χ4v) is 3.05. The molecule has 0 saturated heterocycles. The van der Waals surface area contributed by atoms with E-state index < -0.39 is 5.97 Å². The molecule has 0 unspecified atom stereocenters. The van der Waals surface area contributed by atoms with Crippen molar-refractivity contribution >= 4 is 29.0 Å². The largest absolute Gasteiger partial charge is 0.507 e. The molecule has 3 aromatic carbocycles. The van der Waals surface area contributed by atoms with E-state index >= 15 is 0 Å². The first-order valence-electron chi connectivity index (χ1n) is 10.9. The van der Waals surface area contributed by atoms with E-state index in [1.165, 1.54) is 19.2 Å². The van der Waals surface area contributed by atoms with Crippen LogP contribution in [0.15, 0.2) is 89.1 Å². The topological polar surface area (TPSA) is 127 Å². The number of carbonyl (C=O) groups is 3. The maximum Gasteiger partial charge on any atom is 0.333 e. The van der Waals surface area contributed by atoms with Gasteiger partial charge in [0.15, 0.2) is 5.78 Å². The highest BCUT2D eigenvalue weighted by Gasteiger charge is 2.17. The highest BCUT2D eigenvalue weighted by molar-refractivity contribution is 6.11. The summed E-state index contributed by atoms with van der Waals surface area (Å²) in [7, 11) is 1.42. The molecule has 0 saturated carbocycles. The minimum Gasteiger partial charge on any atom is -0.507 e. The van der Waals surface area contributed by atoms with Crippen molar-refractivity contribution in [3.8, 4) is 11.5 Å². The number of phenols is 1. The average molecular weight is 488 g/mol. The molecule has 0 bridgehead atoms. The number of rotatable bonds is 10. The van der Waals surface area contributed by atoms with Gasteiger partial charge in [0.05, 0.1) is 24.9 Å². The first-order valence-corrected chi connectivity index (χ1v) is 10.9. The van der Waals surface area contributed by atoms with Crippen molar-refractivity contribution < 1.29 is 29.0 Å². The van der Waals surface area contributed by atoms with Gasteiger partial charge in [0, 0.05) is 22.8 Å². The van der Waals surface area contributed by atoms with E-state index in [0.29, 0.717) is 16.8 Å². The lowest BCUT2D eigenvalue weighted by molar-refractivity contribution is -0.138. The summed E-state index contributed by atoms with van der Waals surface area (Å²) in [6.45, 7) is 5.22. The SMILES string of the molecule is C=C(C)C(=O)OCCNC(=O)c1ccc(N=Nc2cc(C(=O)c3ccccc3)c(O)cc2OC)cc1. The van der Waals surface area contributed by atoms with Crippen LogP contribution in [0.3, 0.4) is 0 Å². The number of aromatic hydroxyl groups is 1. The molecule has 0 aliphatic rings. The molecule has 2 N–H and O–H groups in total. The summed E-state index contributed by atoms with van der Waals surface area (Å²) in [5.74, 6) is -1.21. The number of ether oxygens (including phenoxy) is 2. The van der Waals surface area contributed by atoms with Gasteiger partial charge in [-0.05, 0) is 37.3 Å². The van der Waals surface area contributed by atoms with Crippen LogP contribution in [0, 0.1) is 0 Å². The van der Waals surface area contributed by atoms with Crippen molar-refractivity contribution in [2.75, 3.05) is 20.3 Å². The smallest absolute Gasteiger partial charge is 0.333 e. The fourth-order valence-electron chi connectivity index (χ4n) is 3.05. The molecule has 36 heavy (non-hydrogen) atoms. The Labute approximate surface area is 208 Å². The van der Waals surface area contributed by atoms with Crippen molar-refractivity contribution in [1.82, 2.24) is 5.32 Å². The van der Waals surface area contributed by atoms with Crippen LogP contribution >= 0.6 is 0 Å². The lowest BCUT2D eigenvalue weighted by Crippen LogP contribution is -2.28. The van der Waals surface area contributed by atoms with E-state index in [4.69, 9.17) is 9.47 Å². The number of hydrogen-bond donors (Lipinski definition) is 2. The van der Waals surface area contributed by atoms with Gasteiger partial charge in [-0.25, -0.2) is 4.79 Å². The minimum atomic E-state index is -0.513. The van der Waals surface area contributed by atoms with Crippen LogP contribution in [0.1, 0.15) is 33.2 Å². The van der Waals surface area contributed by atoms with Crippen LogP contribution < -0.4 is 10.1 Å². The molecule has 0 fully saturated rings. The first kappa shape index (κ1) is 25.8. The maximum absolute atomic E-state index is 12.8. The zero-order valence-corrected chi connectivity index (χ0v) is 19.9. The predicted molar refractivity (Wildman–Crippen MR) is 133 cm³/mol. The molecule has 0 spiro atoms. The molecule has 9 heteroatoms. The molecule has 0 aliphatic heterocycles. The quantitative estimate of drug-likeness (QED) is 0.138. The summed E-state index contributed by atoms with van der Waals surface area (Å²) in [6, 6.07) is 17.6. The van der Waals surface area contributed by atoms with E-state index in [1.807, 2.05) is 0 Å². The summed E-state index contributed by atoms with van der Waals surface area (Å²) < 4.78 is 10.2. The van der Waals surface area contributed by atoms with E-state index in [1.54, 1.807) is 61.5 Å². The van der Waals surface area contributed by atoms with Gasteiger partial charge in [0.25, 0.3) is 5.91 Å². The van der Waals surface area contributed by atoms with Crippen LogP contribution in [0.25, 0.3) is 0 Å². The van der Waals surface area contributed by atoms with Crippen molar-refractivity contribution in [1.29, 1.82) is 0 Å². The number of hydrogen-bond acceptors (Lipinski definition) is 8. The molecule has 3 rings (SSSR count). The zero-order valence-electron chi connectivity index (χ0n) is 19.9. The van der Waals surface area contributed by atoms with Gasteiger partial charge in [0.1, 0.15) is 23.8 Å². The van der Waals surface area contributed by atoms with Crippen LogP contribution in [0.4, 0.5) is 11.4 Å². The lowest BCUT2D eigenvalue weighted by Gasteiger charge is -2.09. The Bertz CT molecular complexity index is 1300. The summed E-state index contributed by atoms with van der Waals surface area (Å²) in [6.07, 6.45) is 0. The highest BCUT2D eigenvalue weighted by atomic mass is 16.5. The molecular weight excluding hydrogens is 462 g/mol. The van der Waals surface area contributed by atoms with Crippen LogP contribution in [-0.2, 0) is 9.53 Å². The summed E-state index contributed by atoms with van der Waals surface area (Å²) in [5.41, 5.74) is 1.86. The Morgan fingerprint density at radius 3 is 2.31 bits per heavy atom. The second kappa shape index (κ2) is 12.1. The molecule has 184 valence electrons. The fraction of sp³-hybridized carbons (Fsp3) is 0.148. The summed E-state index contributed by atoms with van der Waals surface area (Å²) in [4.78, 5) is 36.4. The Balaban J connectivity index is 1.69.